The van der Waals surface area contributed by atoms with Gasteiger partial charge in [0.15, 0.2) is 5.96 Å². The van der Waals surface area contributed by atoms with E-state index in [9.17, 15) is 0 Å². The summed E-state index contributed by atoms with van der Waals surface area (Å²) in [4.78, 5) is 14.8. The molecule has 2 aromatic heterocycles. The van der Waals surface area contributed by atoms with Crippen LogP contribution >= 0.6 is 22.9 Å². The van der Waals surface area contributed by atoms with E-state index in [2.05, 4.69) is 25.7 Å². The van der Waals surface area contributed by atoms with Crippen LogP contribution in [0.1, 0.15) is 10.7 Å². The van der Waals surface area contributed by atoms with Gasteiger partial charge in [-0.05, 0) is 19.1 Å². The molecule has 2 rings (SSSR count). The van der Waals surface area contributed by atoms with Crippen LogP contribution < -0.4 is 10.1 Å². The molecule has 0 aliphatic carbocycles. The third kappa shape index (κ3) is 5.37. The summed E-state index contributed by atoms with van der Waals surface area (Å²) in [5, 5.41) is 6.88. The molecule has 0 bridgehead atoms. The van der Waals surface area contributed by atoms with Crippen LogP contribution in [0, 0.1) is 6.92 Å². The lowest BCUT2D eigenvalue weighted by atomic mass is 10.4. The number of hydrogen-bond acceptors (Lipinski definition) is 5. The Hall–Kier alpha value is -1.86. The van der Waals surface area contributed by atoms with Crippen molar-refractivity contribution in [3.63, 3.8) is 0 Å². The molecule has 2 heterocycles. The first-order valence-corrected chi connectivity index (χ1v) is 8.42. The molecule has 0 atom stereocenters. The zero-order valence-electron chi connectivity index (χ0n) is 13.4. The zero-order chi connectivity index (χ0) is 16.7. The maximum atomic E-state index is 5.99. The van der Waals surface area contributed by atoms with E-state index < -0.39 is 0 Å². The fourth-order valence-electron chi connectivity index (χ4n) is 1.97. The van der Waals surface area contributed by atoms with Gasteiger partial charge in [0, 0.05) is 25.7 Å². The third-order valence-electron chi connectivity index (χ3n) is 2.99. The highest BCUT2D eigenvalue weighted by atomic mass is 35.5. The van der Waals surface area contributed by atoms with Crippen molar-refractivity contribution in [1.29, 1.82) is 0 Å². The molecule has 0 aromatic carbocycles. The number of aryl methyl sites for hydroxylation is 1. The number of nitrogens with one attached hydrogen (secondary N) is 1. The first kappa shape index (κ1) is 17.5. The Bertz CT molecular complexity index is 661. The normalized spacial score (nSPS) is 11.4. The Morgan fingerprint density at radius 3 is 3.00 bits per heavy atom. The molecule has 23 heavy (non-hydrogen) atoms. The van der Waals surface area contributed by atoms with Crippen LogP contribution in [0.3, 0.4) is 0 Å². The molecule has 6 nitrogen and oxygen atoms in total. The van der Waals surface area contributed by atoms with Crippen molar-refractivity contribution in [3.05, 3.63) is 39.4 Å². The van der Waals surface area contributed by atoms with Crippen molar-refractivity contribution in [2.24, 2.45) is 4.99 Å². The molecule has 1 N–H and O–H groups in total. The lowest BCUT2D eigenvalue weighted by Crippen LogP contribution is -2.40. The number of guanidine groups is 1. The zero-order valence-corrected chi connectivity index (χ0v) is 15.0. The second-order valence-electron chi connectivity index (χ2n) is 4.83. The Morgan fingerprint density at radius 1 is 1.52 bits per heavy atom. The van der Waals surface area contributed by atoms with Crippen molar-refractivity contribution in [3.8, 4) is 5.88 Å². The highest BCUT2D eigenvalue weighted by Crippen LogP contribution is 2.19. The predicted octanol–water partition coefficient (Wildman–Crippen LogP) is 2.59. The number of nitrogens with zero attached hydrogens (tertiary/aromatic N) is 4. The largest absolute Gasteiger partial charge is 0.475 e. The van der Waals surface area contributed by atoms with Crippen molar-refractivity contribution >= 4 is 28.9 Å². The van der Waals surface area contributed by atoms with Crippen molar-refractivity contribution in [2.75, 3.05) is 27.2 Å². The quantitative estimate of drug-likeness (QED) is 0.491. The highest BCUT2D eigenvalue weighted by Gasteiger charge is 2.08. The predicted molar refractivity (Wildman–Crippen MR) is 94.4 cm³/mol. The van der Waals surface area contributed by atoms with Gasteiger partial charge in [0.2, 0.25) is 5.88 Å². The van der Waals surface area contributed by atoms with Gasteiger partial charge in [-0.1, -0.05) is 11.6 Å². The van der Waals surface area contributed by atoms with Gasteiger partial charge in [-0.3, -0.25) is 4.99 Å². The molecule has 0 spiro atoms. The Kier molecular flexibility index (Phi) is 6.61. The van der Waals surface area contributed by atoms with Gasteiger partial charge in [0.05, 0.1) is 23.8 Å². The number of thiazole rings is 1. The van der Waals surface area contributed by atoms with Gasteiger partial charge in [-0.2, -0.15) is 0 Å². The van der Waals surface area contributed by atoms with E-state index in [-0.39, 0.29) is 0 Å². The van der Waals surface area contributed by atoms with Crippen LogP contribution in [0.4, 0.5) is 0 Å². The summed E-state index contributed by atoms with van der Waals surface area (Å²) in [6, 6.07) is 3.52. The maximum Gasteiger partial charge on any atom is 0.232 e. The lowest BCUT2D eigenvalue weighted by molar-refractivity contribution is 0.307. The van der Waals surface area contributed by atoms with Crippen molar-refractivity contribution < 1.29 is 4.74 Å². The van der Waals surface area contributed by atoms with Gasteiger partial charge < -0.3 is 15.0 Å². The number of ether oxygens (including phenoxy) is 1. The van der Waals surface area contributed by atoms with Crippen LogP contribution in [-0.4, -0.2) is 48.1 Å². The summed E-state index contributed by atoms with van der Waals surface area (Å²) in [6.45, 7) is 3.75. The molecule has 0 saturated carbocycles. The third-order valence-corrected chi connectivity index (χ3v) is 4.10. The van der Waals surface area contributed by atoms with E-state index >= 15 is 0 Å². The smallest absolute Gasteiger partial charge is 0.232 e. The van der Waals surface area contributed by atoms with Crippen LogP contribution in [0.5, 0.6) is 5.88 Å². The molecule has 0 aliphatic rings. The molecule has 0 radical (unpaired) electrons. The number of hydrogen-bond donors (Lipinski definition) is 1. The maximum absolute atomic E-state index is 5.99. The van der Waals surface area contributed by atoms with E-state index in [4.69, 9.17) is 16.3 Å². The highest BCUT2D eigenvalue weighted by molar-refractivity contribution is 7.09. The molecule has 2 aromatic rings. The first-order chi connectivity index (χ1) is 11.1. The number of aliphatic imine (C=N–C) groups is 1. The molecule has 0 saturated heterocycles. The van der Waals surface area contributed by atoms with Crippen LogP contribution in [0.15, 0.2) is 28.7 Å². The van der Waals surface area contributed by atoms with Gasteiger partial charge in [0.1, 0.15) is 11.6 Å². The van der Waals surface area contributed by atoms with E-state index in [1.165, 1.54) is 0 Å². The van der Waals surface area contributed by atoms with Crippen LogP contribution in [-0.2, 0) is 6.54 Å². The summed E-state index contributed by atoms with van der Waals surface area (Å²) in [5.41, 5.74) is 1.04. The fourth-order valence-corrected chi connectivity index (χ4v) is 2.75. The van der Waals surface area contributed by atoms with E-state index in [0.29, 0.717) is 30.6 Å². The fraction of sp³-hybridized carbons (Fsp3) is 0.400. The van der Waals surface area contributed by atoms with Gasteiger partial charge >= 0.3 is 0 Å². The second-order valence-corrected chi connectivity index (χ2v) is 6.30. The molecule has 0 amide bonds. The summed E-state index contributed by atoms with van der Waals surface area (Å²) in [7, 11) is 3.72. The topological polar surface area (TPSA) is 62.6 Å². The summed E-state index contributed by atoms with van der Waals surface area (Å²) in [6.07, 6.45) is 1.65. The monoisotopic (exact) mass is 353 g/mol. The lowest BCUT2D eigenvalue weighted by Gasteiger charge is -2.21. The van der Waals surface area contributed by atoms with Crippen LogP contribution in [0.25, 0.3) is 0 Å². The average molecular weight is 354 g/mol. The minimum absolute atomic E-state index is 0.442. The molecule has 124 valence electrons. The van der Waals surface area contributed by atoms with Gasteiger partial charge in [0.25, 0.3) is 0 Å². The summed E-state index contributed by atoms with van der Waals surface area (Å²) < 4.78 is 5.54. The van der Waals surface area contributed by atoms with Crippen molar-refractivity contribution in [1.82, 2.24) is 20.2 Å². The minimum atomic E-state index is 0.442. The second kappa shape index (κ2) is 8.69. The molecule has 8 heteroatoms. The van der Waals surface area contributed by atoms with E-state index in [1.807, 2.05) is 18.9 Å². The Morgan fingerprint density at radius 2 is 2.35 bits per heavy atom. The van der Waals surface area contributed by atoms with Gasteiger partial charge in [-0.15, -0.1) is 11.3 Å². The standard InChI is InChI=1S/C15H20ClN5OS/c1-11-20-12(10-23-11)9-21(3)15(17-2)19-7-8-22-14-13(16)5-4-6-18-14/h4-6,10H,7-9H2,1-3H3,(H,17,19). The van der Waals surface area contributed by atoms with Gasteiger partial charge in [-0.25, -0.2) is 9.97 Å². The summed E-state index contributed by atoms with van der Waals surface area (Å²) >= 11 is 7.64. The Balaban J connectivity index is 1.77. The first-order valence-electron chi connectivity index (χ1n) is 7.16. The molecule has 0 unspecified atom stereocenters. The molecule has 0 aliphatic heterocycles. The number of rotatable bonds is 6. The SMILES string of the molecule is CN=C(NCCOc1ncccc1Cl)N(C)Cc1csc(C)n1. The molecular formula is C15H20ClN5OS. The molecule has 0 fully saturated rings. The molecular weight excluding hydrogens is 334 g/mol. The van der Waals surface area contributed by atoms with E-state index in [0.717, 1.165) is 16.7 Å². The number of pyridine rings is 1. The number of halogens is 1. The number of aromatic nitrogens is 2. The average Bonchev–Trinajstić information content (AvgIpc) is 2.94. The van der Waals surface area contributed by atoms with Crippen LogP contribution in [0.2, 0.25) is 5.02 Å². The van der Waals surface area contributed by atoms with Crippen molar-refractivity contribution in [2.45, 2.75) is 13.5 Å². The van der Waals surface area contributed by atoms with E-state index in [1.54, 1.807) is 36.7 Å². The summed E-state index contributed by atoms with van der Waals surface area (Å²) in [5.74, 6) is 1.23. The minimum Gasteiger partial charge on any atom is -0.475 e. The Labute approximate surface area is 145 Å².